The summed E-state index contributed by atoms with van der Waals surface area (Å²) in [5.41, 5.74) is 3.31. The van der Waals surface area contributed by atoms with Crippen LogP contribution in [0.3, 0.4) is 0 Å². The maximum atomic E-state index is 11.9. The summed E-state index contributed by atoms with van der Waals surface area (Å²) in [5.74, 6) is -2.73. The molecule has 0 radical (unpaired) electrons. The number of hydrogen-bond donors (Lipinski definition) is 1. The number of esters is 1. The molecule has 0 unspecified atom stereocenters. The van der Waals surface area contributed by atoms with Crippen molar-refractivity contribution in [3.63, 3.8) is 0 Å². The zero-order valence-corrected chi connectivity index (χ0v) is 7.54. The predicted molar refractivity (Wildman–Crippen MR) is 40.3 cm³/mol. The molecule has 0 aliphatic heterocycles. The lowest BCUT2D eigenvalue weighted by Crippen LogP contribution is -2.39. The molecule has 0 aromatic carbocycles. The smallest absolute Gasteiger partial charge is 0.394 e. The van der Waals surface area contributed by atoms with Crippen LogP contribution in [0.25, 0.3) is 0 Å². The van der Waals surface area contributed by atoms with E-state index in [2.05, 4.69) is 4.74 Å². The zero-order chi connectivity index (χ0) is 9.57. The van der Waals surface area contributed by atoms with Crippen LogP contribution in [0.5, 0.6) is 0 Å². The average molecular weight is 220 g/mol. The van der Waals surface area contributed by atoms with Gasteiger partial charge in [0.1, 0.15) is 5.54 Å². The topological polar surface area (TPSA) is 52.3 Å². The molecule has 0 heterocycles. The van der Waals surface area contributed by atoms with Gasteiger partial charge in [0, 0.05) is 0 Å². The third-order valence-electron chi connectivity index (χ3n) is 1.96. The minimum Gasteiger partial charge on any atom is -0.468 e. The largest absolute Gasteiger partial charge is 0.468 e. The van der Waals surface area contributed by atoms with Crippen molar-refractivity contribution in [1.29, 1.82) is 0 Å². The number of alkyl halides is 3. The van der Waals surface area contributed by atoms with Gasteiger partial charge in [-0.2, -0.15) is 13.2 Å². The molecule has 13 heavy (non-hydrogen) atoms. The molecule has 0 amide bonds. The van der Waals surface area contributed by atoms with Crippen LogP contribution in [-0.2, 0) is 9.53 Å². The fourth-order valence-corrected chi connectivity index (χ4v) is 1.10. The first-order valence-electron chi connectivity index (χ1n) is 3.26. The predicted octanol–water partition coefficient (Wildman–Crippen LogP) is 0.861. The van der Waals surface area contributed by atoms with Crippen molar-refractivity contribution >= 4 is 18.4 Å². The number of nitrogens with two attached hydrogens (primary N) is 1. The molecule has 3 nitrogen and oxygen atoms in total. The molecule has 0 saturated heterocycles. The van der Waals surface area contributed by atoms with E-state index in [9.17, 15) is 18.0 Å². The molecule has 1 rings (SSSR count). The number of rotatable bonds is 1. The van der Waals surface area contributed by atoms with Gasteiger partial charge in [-0.3, -0.25) is 4.79 Å². The Bertz CT molecular complexity index is 220. The Balaban J connectivity index is 0.00000144. The Morgan fingerprint density at radius 1 is 1.62 bits per heavy atom. The van der Waals surface area contributed by atoms with Crippen LogP contribution in [-0.4, -0.2) is 24.8 Å². The number of hydrogen-bond acceptors (Lipinski definition) is 3. The molecular formula is C6H9ClF3NO2. The minimum absolute atomic E-state index is 0. The van der Waals surface area contributed by atoms with E-state index in [0.717, 1.165) is 7.11 Å². The summed E-state index contributed by atoms with van der Waals surface area (Å²) in [5, 5.41) is 0. The van der Waals surface area contributed by atoms with E-state index in [1.54, 1.807) is 0 Å². The SMILES string of the molecule is COC(=O)[C@@]1(N)C[C@H]1C(F)(F)F.Cl. The summed E-state index contributed by atoms with van der Waals surface area (Å²) in [6, 6.07) is 0. The second-order valence-electron chi connectivity index (χ2n) is 2.83. The van der Waals surface area contributed by atoms with Crippen molar-refractivity contribution in [2.24, 2.45) is 11.7 Å². The maximum Gasteiger partial charge on any atom is 0.394 e. The summed E-state index contributed by atoms with van der Waals surface area (Å²) in [4.78, 5) is 10.7. The van der Waals surface area contributed by atoms with E-state index in [0.29, 0.717) is 0 Å². The molecular weight excluding hydrogens is 211 g/mol. The van der Waals surface area contributed by atoms with Crippen LogP contribution in [0.2, 0.25) is 0 Å². The Kier molecular flexibility index (Phi) is 3.21. The fraction of sp³-hybridized carbons (Fsp3) is 0.833. The fourth-order valence-electron chi connectivity index (χ4n) is 1.10. The molecule has 0 aromatic heterocycles. The lowest BCUT2D eigenvalue weighted by atomic mass is 10.2. The summed E-state index contributed by atoms with van der Waals surface area (Å²) in [6.45, 7) is 0. The van der Waals surface area contributed by atoms with Gasteiger partial charge in [0.15, 0.2) is 0 Å². The number of halogens is 4. The first-order chi connectivity index (χ1) is 5.32. The van der Waals surface area contributed by atoms with E-state index in [-0.39, 0.29) is 18.8 Å². The number of ether oxygens (including phenoxy) is 1. The highest BCUT2D eigenvalue weighted by Gasteiger charge is 2.69. The van der Waals surface area contributed by atoms with Gasteiger partial charge in [0.25, 0.3) is 0 Å². The Morgan fingerprint density at radius 3 is 2.31 bits per heavy atom. The average Bonchev–Trinajstić information content (AvgIpc) is 2.61. The molecule has 1 saturated carbocycles. The van der Waals surface area contributed by atoms with Gasteiger partial charge in [0.05, 0.1) is 13.0 Å². The molecule has 78 valence electrons. The molecule has 7 heteroatoms. The first-order valence-corrected chi connectivity index (χ1v) is 3.26. The Morgan fingerprint density at radius 2 is 2.08 bits per heavy atom. The molecule has 0 bridgehead atoms. The van der Waals surface area contributed by atoms with Crippen molar-refractivity contribution in [3.05, 3.63) is 0 Å². The summed E-state index contributed by atoms with van der Waals surface area (Å²) < 4.78 is 40.0. The van der Waals surface area contributed by atoms with Gasteiger partial charge >= 0.3 is 12.1 Å². The lowest BCUT2D eigenvalue weighted by molar-refractivity contribution is -0.163. The van der Waals surface area contributed by atoms with Crippen molar-refractivity contribution < 1.29 is 22.7 Å². The van der Waals surface area contributed by atoms with Gasteiger partial charge in [-0.1, -0.05) is 0 Å². The Labute approximate surface area is 78.8 Å². The minimum atomic E-state index is -4.40. The highest BCUT2D eigenvalue weighted by Crippen LogP contribution is 2.52. The summed E-state index contributed by atoms with van der Waals surface area (Å²) in [7, 11) is 1.02. The molecule has 2 atom stereocenters. The normalized spacial score (nSPS) is 31.9. The monoisotopic (exact) mass is 219 g/mol. The molecule has 0 spiro atoms. The second kappa shape index (κ2) is 3.34. The van der Waals surface area contributed by atoms with E-state index in [1.807, 2.05) is 0 Å². The molecule has 2 N–H and O–H groups in total. The van der Waals surface area contributed by atoms with Gasteiger partial charge in [-0.25, -0.2) is 0 Å². The number of methoxy groups -OCH3 is 1. The molecule has 1 fully saturated rings. The van der Waals surface area contributed by atoms with Crippen molar-refractivity contribution in [2.45, 2.75) is 18.1 Å². The molecule has 1 aliphatic rings. The second-order valence-corrected chi connectivity index (χ2v) is 2.83. The summed E-state index contributed by atoms with van der Waals surface area (Å²) in [6.07, 6.45) is -4.77. The molecule has 1 aliphatic carbocycles. The van der Waals surface area contributed by atoms with Crippen LogP contribution >= 0.6 is 12.4 Å². The van der Waals surface area contributed by atoms with Crippen LogP contribution < -0.4 is 5.73 Å². The number of carbonyl (C=O) groups excluding carboxylic acids is 1. The highest BCUT2D eigenvalue weighted by molar-refractivity contribution is 5.85. The zero-order valence-electron chi connectivity index (χ0n) is 6.72. The van der Waals surface area contributed by atoms with Crippen molar-refractivity contribution in [2.75, 3.05) is 7.11 Å². The Hall–Kier alpha value is -0.490. The van der Waals surface area contributed by atoms with E-state index in [4.69, 9.17) is 5.73 Å². The van der Waals surface area contributed by atoms with Gasteiger partial charge in [-0.05, 0) is 6.42 Å². The third-order valence-corrected chi connectivity index (χ3v) is 1.96. The number of carbonyl (C=O) groups is 1. The third kappa shape index (κ3) is 2.05. The van der Waals surface area contributed by atoms with Gasteiger partial charge in [-0.15, -0.1) is 12.4 Å². The van der Waals surface area contributed by atoms with E-state index in [1.165, 1.54) is 0 Å². The maximum absolute atomic E-state index is 11.9. The van der Waals surface area contributed by atoms with Crippen LogP contribution in [0, 0.1) is 5.92 Å². The van der Waals surface area contributed by atoms with E-state index < -0.39 is 23.6 Å². The standard InChI is InChI=1S/C6H8F3NO2.ClH/c1-12-4(11)5(10)2-3(5)6(7,8)9;/h3H,2,10H2,1H3;1H/t3-,5-;/m1./s1. The summed E-state index contributed by atoms with van der Waals surface area (Å²) >= 11 is 0. The van der Waals surface area contributed by atoms with Gasteiger partial charge in [0.2, 0.25) is 0 Å². The highest BCUT2D eigenvalue weighted by atomic mass is 35.5. The quantitative estimate of drug-likeness (QED) is 0.666. The van der Waals surface area contributed by atoms with Crippen LogP contribution in [0.1, 0.15) is 6.42 Å². The van der Waals surface area contributed by atoms with Gasteiger partial charge < -0.3 is 10.5 Å². The van der Waals surface area contributed by atoms with E-state index >= 15 is 0 Å². The van der Waals surface area contributed by atoms with Crippen LogP contribution in [0.15, 0.2) is 0 Å². The first kappa shape index (κ1) is 12.5. The van der Waals surface area contributed by atoms with Crippen molar-refractivity contribution in [1.82, 2.24) is 0 Å². The molecule has 0 aromatic rings. The lowest BCUT2D eigenvalue weighted by Gasteiger charge is -2.10. The van der Waals surface area contributed by atoms with Crippen molar-refractivity contribution in [3.8, 4) is 0 Å². The van der Waals surface area contributed by atoms with Crippen LogP contribution in [0.4, 0.5) is 13.2 Å².